The average Bonchev–Trinajstić information content (AvgIpc) is 3.28. The Bertz CT molecular complexity index is 1130. The van der Waals surface area contributed by atoms with Gasteiger partial charge >= 0.3 is 0 Å². The van der Waals surface area contributed by atoms with Gasteiger partial charge in [0, 0.05) is 36.5 Å². The van der Waals surface area contributed by atoms with Crippen molar-refractivity contribution in [2.45, 2.75) is 46.0 Å². The maximum atomic E-state index is 5.60. The topological polar surface area (TPSA) is 29.7 Å². The van der Waals surface area contributed by atoms with Crippen LogP contribution in [0.4, 0.5) is 0 Å². The van der Waals surface area contributed by atoms with Gasteiger partial charge in [0.25, 0.3) is 0 Å². The standard InChI is InChI=1S/C24H24N2.C5H9N/c1-3-6-19-10-14-21(15-11-19)23-17-25-26-16-5-7-22(24(23)26)20-12-8-18(4-2)9-13-20;1-3-4-5-6-2/h2,5,7,10-12,14-18H,3,6,8-9,13H2,1H3;3-5H,1-2H3/b;4-3-,6-5?. The molecule has 0 radical (unpaired) electrons. The molecule has 0 saturated heterocycles. The third-order valence-electron chi connectivity index (χ3n) is 5.76. The van der Waals surface area contributed by atoms with E-state index < -0.39 is 0 Å². The summed E-state index contributed by atoms with van der Waals surface area (Å²) < 4.78 is 2.00. The second-order valence-electron chi connectivity index (χ2n) is 8.02. The van der Waals surface area contributed by atoms with Crippen LogP contribution in [0.3, 0.4) is 0 Å². The first-order valence-electron chi connectivity index (χ1n) is 11.5. The second kappa shape index (κ2) is 11.9. The van der Waals surface area contributed by atoms with E-state index in [1.54, 1.807) is 13.3 Å². The van der Waals surface area contributed by atoms with Gasteiger partial charge in [-0.2, -0.15) is 5.10 Å². The molecular weight excluding hydrogens is 390 g/mol. The Morgan fingerprint density at radius 1 is 1.22 bits per heavy atom. The average molecular weight is 424 g/mol. The van der Waals surface area contributed by atoms with Crippen LogP contribution in [0.1, 0.15) is 50.7 Å². The van der Waals surface area contributed by atoms with Crippen LogP contribution in [-0.2, 0) is 6.42 Å². The Morgan fingerprint density at radius 3 is 2.62 bits per heavy atom. The van der Waals surface area contributed by atoms with E-state index in [1.165, 1.54) is 39.8 Å². The van der Waals surface area contributed by atoms with Gasteiger partial charge in [-0.15, -0.1) is 12.3 Å². The SMILES string of the molecule is C#CC1CC=C(c2cccn3ncc(-c4ccc(CCC)cc4)c23)CC1.C/C=C\C=NC. The zero-order chi connectivity index (χ0) is 22.8. The normalized spacial score (nSPS) is 16.1. The van der Waals surface area contributed by atoms with Crippen molar-refractivity contribution >= 4 is 17.3 Å². The van der Waals surface area contributed by atoms with Crippen molar-refractivity contribution in [1.82, 2.24) is 9.61 Å². The van der Waals surface area contributed by atoms with Crippen molar-refractivity contribution in [1.29, 1.82) is 0 Å². The summed E-state index contributed by atoms with van der Waals surface area (Å²) in [5, 5.41) is 4.60. The number of aliphatic imine (C=N–C) groups is 1. The van der Waals surface area contributed by atoms with E-state index in [0.717, 1.165) is 25.7 Å². The summed E-state index contributed by atoms with van der Waals surface area (Å²) in [5.74, 6) is 3.28. The molecule has 0 fully saturated rings. The van der Waals surface area contributed by atoms with Gasteiger partial charge in [0.15, 0.2) is 0 Å². The Morgan fingerprint density at radius 2 is 2.03 bits per heavy atom. The Labute approximate surface area is 192 Å². The number of benzene rings is 1. The van der Waals surface area contributed by atoms with Crippen LogP contribution in [0.15, 0.2) is 72.0 Å². The van der Waals surface area contributed by atoms with Crippen molar-refractivity contribution in [3.63, 3.8) is 0 Å². The van der Waals surface area contributed by atoms with Crippen molar-refractivity contribution in [3.8, 4) is 23.5 Å². The highest BCUT2D eigenvalue weighted by Crippen LogP contribution is 2.35. The molecule has 1 aliphatic rings. The second-order valence-corrected chi connectivity index (χ2v) is 8.02. The van der Waals surface area contributed by atoms with Crippen LogP contribution in [0.5, 0.6) is 0 Å². The summed E-state index contributed by atoms with van der Waals surface area (Å²) in [7, 11) is 1.75. The number of pyridine rings is 1. The highest BCUT2D eigenvalue weighted by molar-refractivity contribution is 5.90. The van der Waals surface area contributed by atoms with Gasteiger partial charge in [0.05, 0.1) is 11.7 Å². The molecule has 164 valence electrons. The summed E-state index contributed by atoms with van der Waals surface area (Å²) in [6, 6.07) is 13.2. The molecule has 0 amide bonds. The zero-order valence-corrected chi connectivity index (χ0v) is 19.5. The third kappa shape index (κ3) is 5.65. The van der Waals surface area contributed by atoms with Gasteiger partial charge < -0.3 is 0 Å². The number of fused-ring (bicyclic) bond motifs is 1. The first-order chi connectivity index (χ1) is 15.7. The van der Waals surface area contributed by atoms with Crippen LogP contribution in [0, 0.1) is 18.3 Å². The van der Waals surface area contributed by atoms with Crippen molar-refractivity contribution < 1.29 is 0 Å². The van der Waals surface area contributed by atoms with Gasteiger partial charge in [-0.3, -0.25) is 4.99 Å². The lowest BCUT2D eigenvalue weighted by Crippen LogP contribution is -2.04. The van der Waals surface area contributed by atoms with E-state index >= 15 is 0 Å². The molecule has 2 aromatic heterocycles. The van der Waals surface area contributed by atoms with Crippen LogP contribution in [0.25, 0.3) is 22.2 Å². The Hall–Kier alpha value is -3.38. The van der Waals surface area contributed by atoms with E-state index in [2.05, 4.69) is 65.4 Å². The number of hydrogen-bond donors (Lipinski definition) is 0. The largest absolute Gasteiger partial charge is 0.297 e. The fourth-order valence-electron chi connectivity index (χ4n) is 4.06. The minimum absolute atomic E-state index is 0.383. The molecule has 3 aromatic rings. The molecule has 0 N–H and O–H groups in total. The maximum Gasteiger partial charge on any atom is 0.0814 e. The van der Waals surface area contributed by atoms with Gasteiger partial charge in [-0.05, 0) is 61.4 Å². The minimum atomic E-state index is 0.383. The van der Waals surface area contributed by atoms with Crippen molar-refractivity contribution in [3.05, 3.63) is 78.1 Å². The predicted molar refractivity (Wildman–Crippen MR) is 138 cm³/mol. The van der Waals surface area contributed by atoms with Gasteiger partial charge in [0.2, 0.25) is 0 Å². The molecule has 1 aromatic carbocycles. The molecule has 0 bridgehead atoms. The van der Waals surface area contributed by atoms with Crippen LogP contribution in [0.2, 0.25) is 0 Å². The summed E-state index contributed by atoms with van der Waals surface area (Å²) in [4.78, 5) is 3.71. The molecule has 4 rings (SSSR count). The fraction of sp³-hybridized carbons (Fsp3) is 0.310. The summed E-state index contributed by atoms with van der Waals surface area (Å²) in [5.41, 5.74) is 7.69. The highest BCUT2D eigenvalue weighted by Gasteiger charge is 2.18. The van der Waals surface area contributed by atoms with Crippen LogP contribution in [-0.4, -0.2) is 22.9 Å². The number of allylic oxidation sites excluding steroid dienone is 4. The number of aryl methyl sites for hydroxylation is 1. The maximum absolute atomic E-state index is 5.60. The lowest BCUT2D eigenvalue weighted by atomic mass is 9.86. The van der Waals surface area contributed by atoms with E-state index in [4.69, 9.17) is 6.42 Å². The first-order valence-corrected chi connectivity index (χ1v) is 11.5. The summed E-state index contributed by atoms with van der Waals surface area (Å²) in [6.45, 7) is 4.18. The molecule has 1 aliphatic carbocycles. The van der Waals surface area contributed by atoms with Crippen molar-refractivity contribution in [2.24, 2.45) is 10.9 Å². The molecule has 32 heavy (non-hydrogen) atoms. The summed E-state index contributed by atoms with van der Waals surface area (Å²) in [6.07, 6.45) is 22.9. The van der Waals surface area contributed by atoms with E-state index in [0.29, 0.717) is 5.92 Å². The molecular formula is C29H33N3. The minimum Gasteiger partial charge on any atom is -0.297 e. The van der Waals surface area contributed by atoms with E-state index in [1.807, 2.05) is 36.0 Å². The van der Waals surface area contributed by atoms with Gasteiger partial charge in [-0.1, -0.05) is 55.8 Å². The molecule has 0 spiro atoms. The highest BCUT2D eigenvalue weighted by atomic mass is 15.2. The number of nitrogens with zero attached hydrogens (tertiary/aromatic N) is 3. The van der Waals surface area contributed by atoms with Gasteiger partial charge in [-0.25, -0.2) is 4.52 Å². The molecule has 0 saturated carbocycles. The molecule has 3 heteroatoms. The first kappa shape index (κ1) is 23.3. The monoisotopic (exact) mass is 423 g/mol. The lowest BCUT2D eigenvalue weighted by Gasteiger charge is -2.19. The number of hydrogen-bond acceptors (Lipinski definition) is 2. The molecule has 2 heterocycles. The smallest absolute Gasteiger partial charge is 0.0814 e. The van der Waals surface area contributed by atoms with E-state index in [9.17, 15) is 0 Å². The van der Waals surface area contributed by atoms with Crippen LogP contribution < -0.4 is 0 Å². The zero-order valence-electron chi connectivity index (χ0n) is 19.5. The Kier molecular flexibility index (Phi) is 8.63. The number of rotatable bonds is 5. The number of terminal acetylenes is 1. The Balaban J connectivity index is 0.000000427. The van der Waals surface area contributed by atoms with Crippen LogP contribution >= 0.6 is 0 Å². The number of aromatic nitrogens is 2. The predicted octanol–water partition coefficient (Wildman–Crippen LogP) is 7.03. The molecule has 3 nitrogen and oxygen atoms in total. The van der Waals surface area contributed by atoms with Crippen molar-refractivity contribution in [2.75, 3.05) is 7.05 Å². The summed E-state index contributed by atoms with van der Waals surface area (Å²) >= 11 is 0. The quantitative estimate of drug-likeness (QED) is 0.320. The molecule has 0 aliphatic heterocycles. The van der Waals surface area contributed by atoms with E-state index in [-0.39, 0.29) is 0 Å². The molecule has 1 unspecified atom stereocenters. The third-order valence-corrected chi connectivity index (χ3v) is 5.76. The van der Waals surface area contributed by atoms with Gasteiger partial charge in [0.1, 0.15) is 0 Å². The molecule has 1 atom stereocenters. The fourth-order valence-corrected chi connectivity index (χ4v) is 4.06. The lowest BCUT2D eigenvalue weighted by molar-refractivity contribution is 0.612.